The number of amides is 2. The Morgan fingerprint density at radius 1 is 1.16 bits per heavy atom. The Hall–Kier alpha value is -2.54. The van der Waals surface area contributed by atoms with Crippen LogP contribution in [0.5, 0.6) is 5.75 Å². The van der Waals surface area contributed by atoms with E-state index in [2.05, 4.69) is 21.2 Å². The lowest BCUT2D eigenvalue weighted by atomic mass is 10.1. The van der Waals surface area contributed by atoms with E-state index in [1.807, 2.05) is 69.3 Å². The monoisotopic (exact) mass is 488 g/mol. The summed E-state index contributed by atoms with van der Waals surface area (Å²) in [6, 6.07) is 15.5. The fourth-order valence-corrected chi connectivity index (χ4v) is 3.82. The van der Waals surface area contributed by atoms with Gasteiger partial charge in [0.15, 0.2) is 0 Å². The lowest BCUT2D eigenvalue weighted by Gasteiger charge is -2.22. The second kappa shape index (κ2) is 10.2. The van der Waals surface area contributed by atoms with Crippen LogP contribution in [0.1, 0.15) is 38.3 Å². The minimum absolute atomic E-state index is 0.0103. The molecule has 0 aliphatic carbocycles. The van der Waals surface area contributed by atoms with Crippen molar-refractivity contribution in [2.75, 3.05) is 13.1 Å². The Morgan fingerprint density at radius 3 is 2.61 bits per heavy atom. The van der Waals surface area contributed by atoms with Crippen LogP contribution in [-0.2, 0) is 22.6 Å². The van der Waals surface area contributed by atoms with Crippen molar-refractivity contribution in [2.24, 2.45) is 0 Å². The minimum atomic E-state index is -0.547. The average molecular weight is 489 g/mol. The highest BCUT2D eigenvalue weighted by Gasteiger charge is 2.29. The van der Waals surface area contributed by atoms with Crippen LogP contribution in [-0.4, -0.2) is 41.6 Å². The number of nitrogens with one attached hydrogen (secondary N) is 1. The molecule has 0 spiro atoms. The van der Waals surface area contributed by atoms with Crippen molar-refractivity contribution < 1.29 is 19.1 Å². The van der Waals surface area contributed by atoms with E-state index in [1.165, 1.54) is 0 Å². The highest BCUT2D eigenvalue weighted by molar-refractivity contribution is 9.10. The molecule has 0 bridgehead atoms. The summed E-state index contributed by atoms with van der Waals surface area (Å²) < 4.78 is 12.2. The van der Waals surface area contributed by atoms with Crippen molar-refractivity contribution >= 4 is 27.9 Å². The zero-order valence-corrected chi connectivity index (χ0v) is 19.8. The van der Waals surface area contributed by atoms with Gasteiger partial charge in [-0.1, -0.05) is 46.3 Å². The fourth-order valence-electron chi connectivity index (χ4n) is 3.42. The van der Waals surface area contributed by atoms with E-state index < -0.39 is 11.7 Å². The van der Waals surface area contributed by atoms with E-state index in [4.69, 9.17) is 9.47 Å². The molecule has 1 unspecified atom stereocenters. The summed E-state index contributed by atoms with van der Waals surface area (Å²) in [5, 5.41) is 2.86. The quantitative estimate of drug-likeness (QED) is 0.639. The number of halogens is 1. The summed E-state index contributed by atoms with van der Waals surface area (Å²) in [6.07, 6.45) is 0.499. The van der Waals surface area contributed by atoms with Gasteiger partial charge in [-0.15, -0.1) is 0 Å². The maximum atomic E-state index is 12.9. The number of hydrogen-bond acceptors (Lipinski definition) is 4. The summed E-state index contributed by atoms with van der Waals surface area (Å²) >= 11 is 3.48. The third kappa shape index (κ3) is 7.28. The predicted octanol–water partition coefficient (Wildman–Crippen LogP) is 4.70. The van der Waals surface area contributed by atoms with Crippen molar-refractivity contribution in [1.82, 2.24) is 10.2 Å². The smallest absolute Gasteiger partial charge is 0.407 e. The van der Waals surface area contributed by atoms with Crippen molar-refractivity contribution in [2.45, 2.75) is 51.9 Å². The number of hydrogen-bond donors (Lipinski definition) is 1. The maximum Gasteiger partial charge on any atom is 0.407 e. The molecular formula is C24H29BrN2O4. The average Bonchev–Trinajstić information content (AvgIpc) is 3.15. The maximum absolute atomic E-state index is 12.9. The molecule has 0 aromatic heterocycles. The number of benzene rings is 2. The topological polar surface area (TPSA) is 67.9 Å². The summed E-state index contributed by atoms with van der Waals surface area (Å²) in [6.45, 7) is 7.00. The Labute approximate surface area is 192 Å². The van der Waals surface area contributed by atoms with Crippen LogP contribution in [0.3, 0.4) is 0 Å². The number of carbonyl (C=O) groups is 2. The summed E-state index contributed by atoms with van der Waals surface area (Å²) in [7, 11) is 0. The van der Waals surface area contributed by atoms with Crippen LogP contribution in [0.25, 0.3) is 0 Å². The molecule has 6 nitrogen and oxygen atoms in total. The number of nitrogens with zero attached hydrogens (tertiary/aromatic N) is 1. The van der Waals surface area contributed by atoms with Crippen molar-refractivity contribution in [3.63, 3.8) is 0 Å². The first-order valence-corrected chi connectivity index (χ1v) is 11.2. The second-order valence-electron chi connectivity index (χ2n) is 8.67. The van der Waals surface area contributed by atoms with Gasteiger partial charge in [0.2, 0.25) is 5.91 Å². The normalized spacial score (nSPS) is 16.1. The number of ether oxygens (including phenoxy) is 2. The van der Waals surface area contributed by atoms with Crippen molar-refractivity contribution in [1.29, 1.82) is 0 Å². The minimum Gasteiger partial charge on any atom is -0.489 e. The first-order valence-electron chi connectivity index (χ1n) is 10.4. The zero-order chi connectivity index (χ0) is 22.4. The molecule has 1 saturated heterocycles. The van der Waals surface area contributed by atoms with Crippen LogP contribution in [0.15, 0.2) is 53.0 Å². The molecule has 31 heavy (non-hydrogen) atoms. The highest BCUT2D eigenvalue weighted by atomic mass is 79.9. The number of rotatable bonds is 6. The molecule has 1 aliphatic rings. The molecule has 0 saturated carbocycles. The molecule has 166 valence electrons. The molecule has 2 amide bonds. The molecule has 1 fully saturated rings. The van der Waals surface area contributed by atoms with Crippen molar-refractivity contribution in [3.8, 4) is 5.75 Å². The van der Waals surface area contributed by atoms with Crippen LogP contribution >= 0.6 is 15.9 Å². The van der Waals surface area contributed by atoms with Gasteiger partial charge in [-0.3, -0.25) is 4.79 Å². The lowest BCUT2D eigenvalue weighted by molar-refractivity contribution is -0.129. The van der Waals surface area contributed by atoms with Crippen molar-refractivity contribution in [3.05, 3.63) is 64.1 Å². The van der Waals surface area contributed by atoms with E-state index in [-0.39, 0.29) is 18.4 Å². The zero-order valence-electron chi connectivity index (χ0n) is 18.2. The van der Waals surface area contributed by atoms with Gasteiger partial charge < -0.3 is 19.7 Å². The third-order valence-corrected chi connectivity index (χ3v) is 5.36. The Bertz CT molecular complexity index is 912. The first kappa shape index (κ1) is 23.1. The van der Waals surface area contributed by atoms with Gasteiger partial charge in [-0.05, 0) is 51.0 Å². The van der Waals surface area contributed by atoms with Crippen LogP contribution in [0.4, 0.5) is 4.79 Å². The molecule has 1 aliphatic heterocycles. The van der Waals surface area contributed by atoms with Crippen LogP contribution in [0.2, 0.25) is 0 Å². The molecule has 1 heterocycles. The molecule has 2 aromatic carbocycles. The second-order valence-corrected chi connectivity index (χ2v) is 9.59. The van der Waals surface area contributed by atoms with E-state index in [1.54, 1.807) is 4.90 Å². The molecule has 1 N–H and O–H groups in total. The summed E-state index contributed by atoms with van der Waals surface area (Å²) in [4.78, 5) is 26.7. The van der Waals surface area contributed by atoms with Gasteiger partial charge in [0.05, 0.1) is 12.5 Å². The highest BCUT2D eigenvalue weighted by Crippen LogP contribution is 2.26. The largest absolute Gasteiger partial charge is 0.489 e. The van der Waals surface area contributed by atoms with Gasteiger partial charge in [0.25, 0.3) is 0 Å². The molecule has 1 atom stereocenters. The SMILES string of the molecule is CC(C)(C)OC(=O)NC1CCN(C(=O)Cc2cc(Br)ccc2OCc2ccccc2)C1. The van der Waals surface area contributed by atoms with Gasteiger partial charge in [0, 0.05) is 23.1 Å². The fraction of sp³-hybridized carbons (Fsp3) is 0.417. The van der Waals surface area contributed by atoms with Crippen LogP contribution in [0, 0.1) is 0 Å². The number of alkyl carbamates (subject to hydrolysis) is 1. The van der Waals surface area contributed by atoms with Gasteiger partial charge in [-0.2, -0.15) is 0 Å². The van der Waals surface area contributed by atoms with E-state index >= 15 is 0 Å². The lowest BCUT2D eigenvalue weighted by Crippen LogP contribution is -2.41. The van der Waals surface area contributed by atoms with Crippen LogP contribution < -0.4 is 10.1 Å². The Morgan fingerprint density at radius 2 is 1.90 bits per heavy atom. The Kier molecular flexibility index (Phi) is 7.59. The third-order valence-electron chi connectivity index (χ3n) is 4.86. The van der Waals surface area contributed by atoms with E-state index in [0.717, 1.165) is 15.6 Å². The van der Waals surface area contributed by atoms with Gasteiger partial charge >= 0.3 is 6.09 Å². The molecule has 3 rings (SSSR count). The van der Waals surface area contributed by atoms with E-state index in [9.17, 15) is 9.59 Å². The predicted molar refractivity (Wildman–Crippen MR) is 123 cm³/mol. The van der Waals surface area contributed by atoms with Gasteiger partial charge in [-0.25, -0.2) is 4.79 Å². The van der Waals surface area contributed by atoms with Gasteiger partial charge in [0.1, 0.15) is 18.0 Å². The molecular weight excluding hydrogens is 460 g/mol. The first-order chi connectivity index (χ1) is 14.7. The number of carbonyl (C=O) groups excluding carboxylic acids is 2. The Balaban J connectivity index is 1.57. The summed E-state index contributed by atoms with van der Waals surface area (Å²) in [5.74, 6) is 0.708. The van der Waals surface area contributed by atoms with E-state index in [0.29, 0.717) is 31.9 Å². The molecule has 7 heteroatoms. The standard InChI is InChI=1S/C24H29BrN2O4/c1-24(2,3)31-23(29)26-20-11-12-27(15-20)22(28)14-18-13-19(25)9-10-21(18)30-16-17-7-5-4-6-8-17/h4-10,13,20H,11-12,14-16H2,1-3H3,(H,26,29). The molecule has 2 aromatic rings. The molecule has 0 radical (unpaired) electrons. The summed E-state index contributed by atoms with van der Waals surface area (Å²) in [5.41, 5.74) is 1.35. The number of likely N-dealkylation sites (tertiary alicyclic amines) is 1.